The number of rotatable bonds is 10. The first kappa shape index (κ1) is 31.5. The number of non-ortho nitro benzene ring substituents is 2. The van der Waals surface area contributed by atoms with Crippen molar-refractivity contribution < 1.29 is 38.4 Å². The fourth-order valence-electron chi connectivity index (χ4n) is 4.75. The molecular weight excluding hydrogens is 586 g/mol. The molecule has 0 bridgehead atoms. The van der Waals surface area contributed by atoms with E-state index in [1.54, 1.807) is 4.90 Å². The van der Waals surface area contributed by atoms with Crippen LogP contribution in [0.3, 0.4) is 0 Å². The fourth-order valence-corrected chi connectivity index (χ4v) is 5.13. The zero-order valence-electron chi connectivity index (χ0n) is 23.1. The van der Waals surface area contributed by atoms with E-state index >= 15 is 0 Å². The van der Waals surface area contributed by atoms with Gasteiger partial charge in [-0.1, -0.05) is 0 Å². The van der Waals surface area contributed by atoms with Crippen molar-refractivity contribution in [1.29, 1.82) is 0 Å². The van der Waals surface area contributed by atoms with Crippen LogP contribution in [-0.2, 0) is 32.2 Å². The summed E-state index contributed by atoms with van der Waals surface area (Å²) in [5.74, 6) is -0.186. The number of nitrogens with zero attached hydrogens (tertiary/aromatic N) is 5. The van der Waals surface area contributed by atoms with E-state index in [2.05, 4.69) is 12.6 Å². The summed E-state index contributed by atoms with van der Waals surface area (Å²) in [6, 6.07) is 10.6. The van der Waals surface area contributed by atoms with Crippen molar-refractivity contribution in [1.82, 2.24) is 14.7 Å². The van der Waals surface area contributed by atoms with Crippen molar-refractivity contribution in [3.05, 3.63) is 79.9 Å². The Bertz CT molecular complexity index is 1320. The van der Waals surface area contributed by atoms with Crippen LogP contribution < -0.4 is 0 Å². The van der Waals surface area contributed by atoms with Gasteiger partial charge in [0.05, 0.1) is 9.85 Å². The van der Waals surface area contributed by atoms with Gasteiger partial charge in [0.25, 0.3) is 11.4 Å². The number of amides is 2. The highest BCUT2D eigenvalue weighted by atomic mass is 32.1. The van der Waals surface area contributed by atoms with Gasteiger partial charge < -0.3 is 19.1 Å². The smallest absolute Gasteiger partial charge is 0.445 e. The molecule has 2 aromatic carbocycles. The van der Waals surface area contributed by atoms with Crippen molar-refractivity contribution >= 4 is 42.2 Å². The molecule has 0 N–H and O–H groups in total. The minimum Gasteiger partial charge on any atom is -0.445 e. The Morgan fingerprint density at radius 2 is 1.35 bits per heavy atom. The molecule has 2 fully saturated rings. The van der Waals surface area contributed by atoms with Gasteiger partial charge in [0.15, 0.2) is 0 Å². The van der Waals surface area contributed by atoms with Gasteiger partial charge in [-0.05, 0) is 41.8 Å². The van der Waals surface area contributed by atoms with Gasteiger partial charge in [0, 0.05) is 68.8 Å². The lowest BCUT2D eigenvalue weighted by atomic mass is 10.1. The summed E-state index contributed by atoms with van der Waals surface area (Å²) in [5, 5.41) is 21.4. The average molecular weight is 618 g/mol. The quantitative estimate of drug-likeness (QED) is 0.180. The van der Waals surface area contributed by atoms with Crippen LogP contribution in [0.5, 0.6) is 0 Å². The van der Waals surface area contributed by atoms with Crippen LogP contribution in [0.1, 0.15) is 17.5 Å². The van der Waals surface area contributed by atoms with E-state index in [1.807, 2.05) is 4.90 Å². The molecule has 230 valence electrons. The molecule has 2 saturated heterocycles. The number of nitro benzene ring substituents is 2. The lowest BCUT2D eigenvalue weighted by molar-refractivity contribution is -0.385. The maximum absolute atomic E-state index is 13.3. The Labute approximate surface area is 252 Å². The number of benzene rings is 2. The molecule has 2 amide bonds. The molecule has 2 atom stereocenters. The first-order valence-corrected chi connectivity index (χ1v) is 14.0. The summed E-state index contributed by atoms with van der Waals surface area (Å²) < 4.78 is 15.6. The highest BCUT2D eigenvalue weighted by molar-refractivity contribution is 7.81. The van der Waals surface area contributed by atoms with Crippen LogP contribution in [-0.4, -0.2) is 99.9 Å². The zero-order valence-corrected chi connectivity index (χ0v) is 24.0. The summed E-state index contributed by atoms with van der Waals surface area (Å²) in [7, 11) is 0. The van der Waals surface area contributed by atoms with E-state index in [1.165, 1.54) is 53.4 Å². The highest BCUT2D eigenvalue weighted by Gasteiger charge is 2.41. The number of carbonyl (C=O) groups is 3. The Morgan fingerprint density at radius 3 is 1.88 bits per heavy atom. The average Bonchev–Trinajstić information content (AvgIpc) is 3.40. The number of likely N-dealkylation sites (tertiary alicyclic amines) is 1. The maximum atomic E-state index is 13.3. The van der Waals surface area contributed by atoms with Crippen molar-refractivity contribution in [2.45, 2.75) is 30.9 Å². The van der Waals surface area contributed by atoms with Crippen LogP contribution in [0.2, 0.25) is 0 Å². The van der Waals surface area contributed by atoms with E-state index in [0.29, 0.717) is 50.3 Å². The molecule has 0 radical (unpaired) electrons. The number of thiol groups is 1. The number of hydrogen-bond donors (Lipinski definition) is 1. The van der Waals surface area contributed by atoms with E-state index in [0.717, 1.165) is 0 Å². The summed E-state index contributed by atoms with van der Waals surface area (Å²) in [6.07, 6.45) is -1.11. The second-order valence-corrected chi connectivity index (χ2v) is 10.7. The molecule has 0 spiro atoms. The second kappa shape index (κ2) is 14.6. The Hall–Kier alpha value is -4.44. The molecule has 16 heteroatoms. The predicted octanol–water partition coefficient (Wildman–Crippen LogP) is 3.01. The van der Waals surface area contributed by atoms with Gasteiger partial charge in [-0.25, -0.2) is 9.59 Å². The Kier molecular flexibility index (Phi) is 10.7. The van der Waals surface area contributed by atoms with Crippen LogP contribution in [0, 0.1) is 20.2 Å². The summed E-state index contributed by atoms with van der Waals surface area (Å²) >= 11 is 4.48. The van der Waals surface area contributed by atoms with Crippen molar-refractivity contribution in [2.75, 3.05) is 45.9 Å². The van der Waals surface area contributed by atoms with Gasteiger partial charge >= 0.3 is 12.2 Å². The normalized spacial score (nSPS) is 18.6. The minimum absolute atomic E-state index is 0.0565. The third kappa shape index (κ3) is 8.78. The summed E-state index contributed by atoms with van der Waals surface area (Å²) in [4.78, 5) is 63.7. The summed E-state index contributed by atoms with van der Waals surface area (Å²) in [6.45, 7) is 2.60. The summed E-state index contributed by atoms with van der Waals surface area (Å²) in [5.41, 5.74) is 1.05. The number of piperazine rings is 1. The lowest BCUT2D eigenvalue weighted by Gasteiger charge is -2.37. The molecule has 2 aliphatic heterocycles. The molecular formula is C27H31N5O10S. The zero-order chi connectivity index (χ0) is 30.9. The van der Waals surface area contributed by atoms with Crippen LogP contribution in [0.15, 0.2) is 48.5 Å². The molecule has 2 aromatic rings. The van der Waals surface area contributed by atoms with E-state index < -0.39 is 28.1 Å². The van der Waals surface area contributed by atoms with Crippen molar-refractivity contribution in [3.63, 3.8) is 0 Å². The molecule has 2 heterocycles. The lowest BCUT2D eigenvalue weighted by Crippen LogP contribution is -2.54. The van der Waals surface area contributed by atoms with Crippen LogP contribution in [0.25, 0.3) is 0 Å². The first-order chi connectivity index (χ1) is 20.6. The van der Waals surface area contributed by atoms with Crippen molar-refractivity contribution in [2.24, 2.45) is 0 Å². The fraction of sp³-hybridized carbons (Fsp3) is 0.444. The topological polar surface area (TPSA) is 175 Å². The number of nitro groups is 2. The number of hydrogen-bond acceptors (Lipinski definition) is 12. The highest BCUT2D eigenvalue weighted by Crippen LogP contribution is 2.25. The number of ether oxygens (including phenoxy) is 3. The molecule has 0 aliphatic carbocycles. The van der Waals surface area contributed by atoms with Gasteiger partial charge in [-0.3, -0.25) is 34.8 Å². The molecule has 15 nitrogen and oxygen atoms in total. The van der Waals surface area contributed by atoms with Gasteiger partial charge in [0.1, 0.15) is 25.9 Å². The monoisotopic (exact) mass is 617 g/mol. The third-order valence-electron chi connectivity index (χ3n) is 7.12. The van der Waals surface area contributed by atoms with E-state index in [4.69, 9.17) is 14.2 Å². The maximum Gasteiger partial charge on any atom is 0.508 e. The van der Waals surface area contributed by atoms with Gasteiger partial charge in [-0.15, -0.1) is 0 Å². The molecule has 2 aliphatic rings. The predicted molar refractivity (Wildman–Crippen MR) is 153 cm³/mol. The number of carbonyl (C=O) groups excluding carboxylic acids is 3. The Morgan fingerprint density at radius 1 is 0.814 bits per heavy atom. The first-order valence-electron chi connectivity index (χ1n) is 13.5. The van der Waals surface area contributed by atoms with Gasteiger partial charge in [-0.2, -0.15) is 12.6 Å². The largest absolute Gasteiger partial charge is 0.508 e. The Balaban J connectivity index is 1.16. The molecule has 0 unspecified atom stereocenters. The molecule has 0 saturated carbocycles. The molecule has 0 aromatic heterocycles. The molecule has 4 rings (SSSR count). The van der Waals surface area contributed by atoms with E-state index in [-0.39, 0.29) is 48.9 Å². The second-order valence-electron chi connectivity index (χ2n) is 10.0. The van der Waals surface area contributed by atoms with Crippen molar-refractivity contribution in [3.8, 4) is 0 Å². The van der Waals surface area contributed by atoms with Crippen LogP contribution in [0.4, 0.5) is 21.0 Å². The van der Waals surface area contributed by atoms with Crippen LogP contribution >= 0.6 is 12.6 Å². The standard InChI is InChI=1S/C27H31N5O10S/c33-25(24-15-23(43)16-30(24)26(34)41-17-19-1-5-21(6-2-19)31(36)37)29-11-9-28(10-12-29)13-14-40-27(35)42-18-20-3-7-22(8-4-20)32(38)39/h1-8,23-24,43H,9-18H2/t23-,24-/m0/s1. The SMILES string of the molecule is O=C(OCCN1CCN(C(=O)[C@@H]2C[C@H](S)CN2C(=O)OCc2ccc([N+](=O)[O-])cc2)CC1)OCc1ccc([N+](=O)[O-])cc1. The third-order valence-corrected chi connectivity index (χ3v) is 7.50. The van der Waals surface area contributed by atoms with E-state index in [9.17, 15) is 34.6 Å². The molecule has 43 heavy (non-hydrogen) atoms. The minimum atomic E-state index is -0.852. The van der Waals surface area contributed by atoms with Gasteiger partial charge in [0.2, 0.25) is 5.91 Å².